The van der Waals surface area contributed by atoms with Crippen molar-refractivity contribution in [3.63, 3.8) is 0 Å². The molecule has 1 saturated heterocycles. The molecule has 5 nitrogen and oxygen atoms in total. The second-order valence-electron chi connectivity index (χ2n) is 5.74. The molecule has 1 atom stereocenters. The van der Waals surface area contributed by atoms with Crippen LogP contribution in [0.25, 0.3) is 0 Å². The third-order valence-corrected chi connectivity index (χ3v) is 5.08. The third-order valence-electron chi connectivity index (χ3n) is 4.09. The summed E-state index contributed by atoms with van der Waals surface area (Å²) in [5.41, 5.74) is 1.05. The Morgan fingerprint density at radius 3 is 2.76 bits per heavy atom. The van der Waals surface area contributed by atoms with Crippen LogP contribution in [0.5, 0.6) is 0 Å². The number of nitro groups is 1. The van der Waals surface area contributed by atoms with Gasteiger partial charge in [-0.3, -0.25) is 10.1 Å². The molecular weight excluding hydrogens is 288 g/mol. The summed E-state index contributed by atoms with van der Waals surface area (Å²) >= 11 is 1.87. The first-order chi connectivity index (χ1) is 9.91. The van der Waals surface area contributed by atoms with Gasteiger partial charge in [0.2, 0.25) is 0 Å². The fraction of sp³-hybridized carbons (Fsp3) is 0.600. The summed E-state index contributed by atoms with van der Waals surface area (Å²) in [5, 5.41) is 24.8. The normalized spacial score (nSPS) is 19.2. The van der Waals surface area contributed by atoms with E-state index in [1.165, 1.54) is 0 Å². The molecule has 0 radical (unpaired) electrons. The lowest BCUT2D eigenvalue weighted by atomic mass is 9.96. The molecule has 0 amide bonds. The van der Waals surface area contributed by atoms with Gasteiger partial charge in [-0.25, -0.2) is 0 Å². The summed E-state index contributed by atoms with van der Waals surface area (Å²) in [4.78, 5) is 10.6. The van der Waals surface area contributed by atoms with Gasteiger partial charge >= 0.3 is 0 Å². The molecule has 1 aliphatic heterocycles. The van der Waals surface area contributed by atoms with E-state index >= 15 is 0 Å². The van der Waals surface area contributed by atoms with Crippen LogP contribution in [0.2, 0.25) is 0 Å². The van der Waals surface area contributed by atoms with E-state index in [1.807, 2.05) is 24.8 Å². The molecule has 0 aromatic heterocycles. The van der Waals surface area contributed by atoms with Crippen LogP contribution >= 0.6 is 11.8 Å². The predicted molar refractivity (Wildman–Crippen MR) is 85.8 cm³/mol. The highest BCUT2D eigenvalue weighted by atomic mass is 32.2. The number of hydrogen-bond donors (Lipinski definition) is 2. The van der Waals surface area contributed by atoms with E-state index in [4.69, 9.17) is 0 Å². The number of nitro benzene ring substituents is 1. The van der Waals surface area contributed by atoms with E-state index in [2.05, 4.69) is 5.32 Å². The van der Waals surface area contributed by atoms with Crippen molar-refractivity contribution >= 4 is 17.4 Å². The summed E-state index contributed by atoms with van der Waals surface area (Å²) in [7, 11) is 0. The molecule has 0 aliphatic carbocycles. The molecule has 0 bridgehead atoms. The average Bonchev–Trinajstić information content (AvgIpc) is 2.46. The van der Waals surface area contributed by atoms with Gasteiger partial charge in [0, 0.05) is 24.2 Å². The molecule has 0 spiro atoms. The molecule has 1 aromatic carbocycles. The van der Waals surface area contributed by atoms with Gasteiger partial charge in [0.1, 0.15) is 0 Å². The zero-order chi connectivity index (χ0) is 15.5. The Balaban J connectivity index is 2.01. The summed E-state index contributed by atoms with van der Waals surface area (Å²) in [6.45, 7) is 4.23. The Morgan fingerprint density at radius 2 is 2.14 bits per heavy atom. The molecule has 1 unspecified atom stereocenters. The Morgan fingerprint density at radius 1 is 1.48 bits per heavy atom. The monoisotopic (exact) mass is 310 g/mol. The van der Waals surface area contributed by atoms with Crippen LogP contribution in [0.1, 0.15) is 36.9 Å². The standard InChI is InChI=1S/C15H22N2O3S/c1-11-3-4-13(9-14(11)17(19)20)12(2)16-10-15(18)5-7-21-8-6-15/h3-4,9,12,16,18H,5-8,10H2,1-2H3. The van der Waals surface area contributed by atoms with Crippen LogP contribution in [0.4, 0.5) is 5.69 Å². The lowest BCUT2D eigenvalue weighted by molar-refractivity contribution is -0.385. The van der Waals surface area contributed by atoms with Gasteiger partial charge in [-0.1, -0.05) is 12.1 Å². The van der Waals surface area contributed by atoms with Crippen molar-refractivity contribution in [3.8, 4) is 0 Å². The van der Waals surface area contributed by atoms with Crippen molar-refractivity contribution in [2.45, 2.75) is 38.3 Å². The van der Waals surface area contributed by atoms with Crippen LogP contribution in [-0.2, 0) is 0 Å². The van der Waals surface area contributed by atoms with Crippen LogP contribution < -0.4 is 5.32 Å². The number of nitrogens with one attached hydrogen (secondary N) is 1. The third kappa shape index (κ3) is 4.18. The van der Waals surface area contributed by atoms with E-state index in [1.54, 1.807) is 19.1 Å². The molecule has 21 heavy (non-hydrogen) atoms. The minimum atomic E-state index is -0.643. The van der Waals surface area contributed by atoms with E-state index in [0.717, 1.165) is 29.9 Å². The molecule has 6 heteroatoms. The Kier molecular flexibility index (Phi) is 5.24. The summed E-state index contributed by atoms with van der Waals surface area (Å²) in [6, 6.07) is 5.27. The summed E-state index contributed by atoms with van der Waals surface area (Å²) in [6.07, 6.45) is 1.59. The largest absolute Gasteiger partial charge is 0.389 e. The highest BCUT2D eigenvalue weighted by Crippen LogP contribution is 2.28. The lowest BCUT2D eigenvalue weighted by Gasteiger charge is -2.33. The number of rotatable bonds is 5. The summed E-state index contributed by atoms with van der Waals surface area (Å²) in [5.74, 6) is 1.98. The minimum Gasteiger partial charge on any atom is -0.389 e. The van der Waals surface area contributed by atoms with E-state index in [0.29, 0.717) is 12.1 Å². The number of hydrogen-bond acceptors (Lipinski definition) is 5. The van der Waals surface area contributed by atoms with E-state index < -0.39 is 5.60 Å². The van der Waals surface area contributed by atoms with Gasteiger partial charge in [0.05, 0.1) is 10.5 Å². The first kappa shape index (κ1) is 16.3. The first-order valence-electron chi connectivity index (χ1n) is 7.20. The van der Waals surface area contributed by atoms with Gasteiger partial charge in [0.15, 0.2) is 0 Å². The van der Waals surface area contributed by atoms with Crippen molar-refractivity contribution in [3.05, 3.63) is 39.4 Å². The molecule has 0 saturated carbocycles. The first-order valence-corrected chi connectivity index (χ1v) is 8.35. The molecule has 1 aromatic rings. The fourth-order valence-electron chi connectivity index (χ4n) is 2.48. The Bertz CT molecular complexity index is 516. The lowest BCUT2D eigenvalue weighted by Crippen LogP contribution is -2.44. The second-order valence-corrected chi connectivity index (χ2v) is 6.97. The summed E-state index contributed by atoms with van der Waals surface area (Å²) < 4.78 is 0. The van der Waals surface area contributed by atoms with Crippen molar-refractivity contribution in [1.82, 2.24) is 5.32 Å². The SMILES string of the molecule is Cc1ccc(C(C)NCC2(O)CCSCC2)cc1[N+](=O)[O-]. The number of aryl methyl sites for hydroxylation is 1. The molecule has 1 fully saturated rings. The molecular formula is C15H22N2O3S. The van der Waals surface area contributed by atoms with Gasteiger partial charge in [0.25, 0.3) is 5.69 Å². The Labute approximate surface area is 129 Å². The maximum absolute atomic E-state index is 11.0. The fourth-order valence-corrected chi connectivity index (χ4v) is 3.73. The highest BCUT2D eigenvalue weighted by molar-refractivity contribution is 7.99. The molecule has 2 rings (SSSR count). The highest BCUT2D eigenvalue weighted by Gasteiger charge is 2.29. The number of nitrogens with zero attached hydrogens (tertiary/aromatic N) is 1. The topological polar surface area (TPSA) is 75.4 Å². The van der Waals surface area contributed by atoms with Gasteiger partial charge in [-0.2, -0.15) is 11.8 Å². The number of aliphatic hydroxyl groups is 1. The molecule has 1 heterocycles. The quantitative estimate of drug-likeness (QED) is 0.646. The van der Waals surface area contributed by atoms with E-state index in [9.17, 15) is 15.2 Å². The van der Waals surface area contributed by atoms with E-state index in [-0.39, 0.29) is 16.7 Å². The van der Waals surface area contributed by atoms with Gasteiger partial charge in [-0.05, 0) is 43.8 Å². The zero-order valence-electron chi connectivity index (χ0n) is 12.5. The van der Waals surface area contributed by atoms with Crippen LogP contribution in [-0.4, -0.2) is 33.7 Å². The zero-order valence-corrected chi connectivity index (χ0v) is 13.3. The number of thioether (sulfide) groups is 1. The van der Waals surface area contributed by atoms with Crippen LogP contribution in [0.15, 0.2) is 18.2 Å². The molecule has 2 N–H and O–H groups in total. The maximum atomic E-state index is 11.0. The van der Waals surface area contributed by atoms with Crippen molar-refractivity contribution < 1.29 is 10.0 Å². The predicted octanol–water partition coefficient (Wildman–Crippen LogP) is 2.81. The van der Waals surface area contributed by atoms with Crippen molar-refractivity contribution in [2.24, 2.45) is 0 Å². The number of benzene rings is 1. The van der Waals surface area contributed by atoms with Crippen LogP contribution in [0.3, 0.4) is 0 Å². The second kappa shape index (κ2) is 6.77. The van der Waals surface area contributed by atoms with Crippen molar-refractivity contribution in [2.75, 3.05) is 18.1 Å². The van der Waals surface area contributed by atoms with Crippen LogP contribution in [0, 0.1) is 17.0 Å². The van der Waals surface area contributed by atoms with Crippen molar-refractivity contribution in [1.29, 1.82) is 0 Å². The average molecular weight is 310 g/mol. The minimum absolute atomic E-state index is 0.0251. The maximum Gasteiger partial charge on any atom is 0.272 e. The smallest absolute Gasteiger partial charge is 0.272 e. The van der Waals surface area contributed by atoms with Gasteiger partial charge < -0.3 is 10.4 Å². The molecule has 116 valence electrons. The Hall–Kier alpha value is -1.11. The molecule has 1 aliphatic rings. The van der Waals surface area contributed by atoms with Gasteiger partial charge in [-0.15, -0.1) is 0 Å².